The van der Waals surface area contributed by atoms with Crippen molar-refractivity contribution in [1.82, 2.24) is 0 Å². The molecule has 0 aliphatic carbocycles. The molecule has 0 heterocycles. The van der Waals surface area contributed by atoms with Crippen LogP contribution in [0.4, 0.5) is 0 Å². The lowest BCUT2D eigenvalue weighted by Gasteiger charge is -2.15. The van der Waals surface area contributed by atoms with Crippen LogP contribution in [0.5, 0.6) is 0 Å². The van der Waals surface area contributed by atoms with Gasteiger partial charge in [0.2, 0.25) is 0 Å². The van der Waals surface area contributed by atoms with Crippen LogP contribution in [0.2, 0.25) is 0 Å². The van der Waals surface area contributed by atoms with Gasteiger partial charge in [-0.1, -0.05) is 38.3 Å². The Hall–Kier alpha value is -1.26. The molecule has 0 bridgehead atoms. The van der Waals surface area contributed by atoms with Gasteiger partial charge in [0.25, 0.3) is 0 Å². The summed E-state index contributed by atoms with van der Waals surface area (Å²) in [7, 11) is 0. The Bertz CT molecular complexity index is 331. The van der Waals surface area contributed by atoms with Crippen molar-refractivity contribution in [2.45, 2.75) is 45.8 Å². The predicted molar refractivity (Wildman–Crippen MR) is 68.2 cm³/mol. The first kappa shape index (κ1) is 12.8. The molecule has 1 nitrogen and oxygen atoms in total. The third kappa shape index (κ3) is 4.08. The molecule has 0 N–H and O–H groups in total. The summed E-state index contributed by atoms with van der Waals surface area (Å²) in [6.45, 7) is 5.04. The zero-order valence-electron chi connectivity index (χ0n) is 10.2. The van der Waals surface area contributed by atoms with E-state index in [9.17, 15) is 0 Å². The van der Waals surface area contributed by atoms with E-state index in [-0.39, 0.29) is 0 Å². The molecule has 0 saturated carbocycles. The van der Waals surface area contributed by atoms with Crippen LogP contribution in [0.15, 0.2) is 24.3 Å². The van der Waals surface area contributed by atoms with Gasteiger partial charge in [-0.05, 0) is 30.5 Å². The van der Waals surface area contributed by atoms with Gasteiger partial charge in [-0.25, -0.2) is 0 Å². The molecule has 86 valence electrons. The van der Waals surface area contributed by atoms with E-state index in [0.717, 1.165) is 18.4 Å². The maximum absolute atomic E-state index is 5.84. The normalized spacial score (nSPS) is 12.1. The van der Waals surface area contributed by atoms with Crippen LogP contribution in [-0.2, 0) is 11.3 Å². The van der Waals surface area contributed by atoms with Gasteiger partial charge >= 0.3 is 0 Å². The van der Waals surface area contributed by atoms with Crippen molar-refractivity contribution in [3.63, 3.8) is 0 Å². The average Bonchev–Trinajstić information content (AvgIpc) is 2.35. The van der Waals surface area contributed by atoms with E-state index >= 15 is 0 Å². The summed E-state index contributed by atoms with van der Waals surface area (Å²) in [5.74, 6) is 2.61. The van der Waals surface area contributed by atoms with Gasteiger partial charge in [0.05, 0.1) is 12.7 Å². The summed E-state index contributed by atoms with van der Waals surface area (Å²) in [6.07, 6.45) is 9.08. The minimum atomic E-state index is 0.386. The van der Waals surface area contributed by atoms with Crippen molar-refractivity contribution >= 4 is 0 Å². The Labute approximate surface area is 98.8 Å². The lowest BCUT2D eigenvalue weighted by molar-refractivity contribution is 0.0322. The molecular formula is C15H20O. The monoisotopic (exact) mass is 216 g/mol. The summed E-state index contributed by atoms with van der Waals surface area (Å²) >= 11 is 0. The van der Waals surface area contributed by atoms with Gasteiger partial charge < -0.3 is 4.74 Å². The van der Waals surface area contributed by atoms with E-state index in [0.29, 0.717) is 12.7 Å². The standard InChI is InChI=1S/C15H20O/c1-4-7-15(6-3)16-12-14-10-8-13(5-2)9-11-14/h2,8-11,15H,4,6-7,12H2,1,3H3. The Morgan fingerprint density at radius 1 is 1.25 bits per heavy atom. The van der Waals surface area contributed by atoms with Crippen LogP contribution in [0.3, 0.4) is 0 Å². The number of benzene rings is 1. The molecular weight excluding hydrogens is 196 g/mol. The fraction of sp³-hybridized carbons (Fsp3) is 0.467. The van der Waals surface area contributed by atoms with Crippen LogP contribution in [-0.4, -0.2) is 6.10 Å². The highest BCUT2D eigenvalue weighted by atomic mass is 16.5. The highest BCUT2D eigenvalue weighted by Gasteiger charge is 2.04. The smallest absolute Gasteiger partial charge is 0.0720 e. The van der Waals surface area contributed by atoms with Crippen molar-refractivity contribution in [3.8, 4) is 12.3 Å². The highest BCUT2D eigenvalue weighted by molar-refractivity contribution is 5.33. The predicted octanol–water partition coefficient (Wildman–Crippen LogP) is 3.76. The summed E-state index contributed by atoms with van der Waals surface area (Å²) in [5.41, 5.74) is 2.11. The van der Waals surface area contributed by atoms with E-state index < -0.39 is 0 Å². The number of terminal acetylenes is 1. The van der Waals surface area contributed by atoms with Crippen LogP contribution in [0.25, 0.3) is 0 Å². The van der Waals surface area contributed by atoms with Crippen LogP contribution in [0.1, 0.15) is 44.2 Å². The van der Waals surface area contributed by atoms with Crippen LogP contribution < -0.4 is 0 Å². The maximum atomic E-state index is 5.84. The fourth-order valence-electron chi connectivity index (χ4n) is 1.64. The van der Waals surface area contributed by atoms with Gasteiger partial charge in [0, 0.05) is 5.56 Å². The summed E-state index contributed by atoms with van der Waals surface area (Å²) in [4.78, 5) is 0. The minimum absolute atomic E-state index is 0.386. The topological polar surface area (TPSA) is 9.23 Å². The molecule has 1 atom stereocenters. The largest absolute Gasteiger partial charge is 0.374 e. The molecule has 1 aromatic carbocycles. The fourth-order valence-corrected chi connectivity index (χ4v) is 1.64. The third-order valence-corrected chi connectivity index (χ3v) is 2.67. The molecule has 0 aromatic heterocycles. The molecule has 0 aliphatic heterocycles. The third-order valence-electron chi connectivity index (χ3n) is 2.67. The van der Waals surface area contributed by atoms with Crippen molar-refractivity contribution < 1.29 is 4.74 Å². The van der Waals surface area contributed by atoms with E-state index in [2.05, 4.69) is 19.8 Å². The van der Waals surface area contributed by atoms with Gasteiger partial charge in [-0.2, -0.15) is 0 Å². The summed E-state index contributed by atoms with van der Waals surface area (Å²) in [5, 5.41) is 0. The SMILES string of the molecule is C#Cc1ccc(COC(CC)CCC)cc1. The highest BCUT2D eigenvalue weighted by Crippen LogP contribution is 2.11. The van der Waals surface area contributed by atoms with Gasteiger partial charge in [0.15, 0.2) is 0 Å². The number of hydrogen-bond acceptors (Lipinski definition) is 1. The van der Waals surface area contributed by atoms with Crippen molar-refractivity contribution in [1.29, 1.82) is 0 Å². The Balaban J connectivity index is 2.44. The van der Waals surface area contributed by atoms with Gasteiger partial charge in [-0.3, -0.25) is 0 Å². The van der Waals surface area contributed by atoms with Crippen molar-refractivity contribution in [2.75, 3.05) is 0 Å². The van der Waals surface area contributed by atoms with Crippen molar-refractivity contribution in [3.05, 3.63) is 35.4 Å². The first-order valence-corrected chi connectivity index (χ1v) is 5.97. The number of hydrogen-bond donors (Lipinski definition) is 0. The number of ether oxygens (including phenoxy) is 1. The molecule has 0 fully saturated rings. The second kappa shape index (κ2) is 7.09. The van der Waals surface area contributed by atoms with Crippen molar-refractivity contribution in [2.24, 2.45) is 0 Å². The molecule has 0 radical (unpaired) electrons. The van der Waals surface area contributed by atoms with E-state index in [4.69, 9.17) is 11.2 Å². The Morgan fingerprint density at radius 3 is 2.44 bits per heavy atom. The molecule has 1 unspecified atom stereocenters. The Kier molecular flexibility index (Phi) is 5.67. The molecule has 1 aromatic rings. The molecule has 0 amide bonds. The summed E-state index contributed by atoms with van der Waals surface area (Å²) in [6, 6.07) is 7.99. The van der Waals surface area contributed by atoms with Crippen LogP contribution >= 0.6 is 0 Å². The first-order valence-electron chi connectivity index (χ1n) is 5.97. The first-order chi connectivity index (χ1) is 7.80. The number of rotatable bonds is 6. The molecule has 0 spiro atoms. The second-order valence-corrected chi connectivity index (χ2v) is 3.97. The summed E-state index contributed by atoms with van der Waals surface area (Å²) < 4.78 is 5.84. The minimum Gasteiger partial charge on any atom is -0.374 e. The van der Waals surface area contributed by atoms with Gasteiger partial charge in [0.1, 0.15) is 0 Å². The maximum Gasteiger partial charge on any atom is 0.0720 e. The zero-order chi connectivity index (χ0) is 11.8. The zero-order valence-corrected chi connectivity index (χ0v) is 10.2. The lowest BCUT2D eigenvalue weighted by atomic mass is 10.1. The van der Waals surface area contributed by atoms with E-state index in [1.807, 2.05) is 24.3 Å². The quantitative estimate of drug-likeness (QED) is 0.658. The second-order valence-electron chi connectivity index (χ2n) is 3.97. The van der Waals surface area contributed by atoms with Gasteiger partial charge in [-0.15, -0.1) is 6.42 Å². The van der Waals surface area contributed by atoms with E-state index in [1.54, 1.807) is 0 Å². The average molecular weight is 216 g/mol. The van der Waals surface area contributed by atoms with E-state index in [1.165, 1.54) is 12.0 Å². The van der Waals surface area contributed by atoms with Crippen LogP contribution in [0, 0.1) is 12.3 Å². The lowest BCUT2D eigenvalue weighted by Crippen LogP contribution is -2.11. The molecule has 1 heteroatoms. The Morgan fingerprint density at radius 2 is 1.94 bits per heavy atom. The molecule has 0 aliphatic rings. The molecule has 1 rings (SSSR count). The molecule has 16 heavy (non-hydrogen) atoms. The molecule has 0 saturated heterocycles.